The average molecular weight is 474 g/mol. The molecule has 2 aromatic carbocycles. The fraction of sp³-hybridized carbons (Fsp3) is 0.217. The number of benzene rings is 2. The van der Waals surface area contributed by atoms with Gasteiger partial charge in [-0.2, -0.15) is 4.98 Å². The number of aromatic nitrogens is 2. The Kier molecular flexibility index (Phi) is 5.20. The second-order valence-corrected chi connectivity index (χ2v) is 8.12. The summed E-state index contributed by atoms with van der Waals surface area (Å²) in [5, 5.41) is 2.75. The first-order chi connectivity index (χ1) is 15.8. The van der Waals surface area contributed by atoms with Crippen LogP contribution < -0.4 is 14.8 Å². The molecule has 0 spiro atoms. The normalized spacial score (nSPS) is 15.7. The third kappa shape index (κ3) is 4.23. The molecule has 170 valence electrons. The first-order valence-electron chi connectivity index (χ1n) is 10.2. The van der Waals surface area contributed by atoms with Crippen molar-refractivity contribution in [3.63, 3.8) is 0 Å². The summed E-state index contributed by atoms with van der Waals surface area (Å²) in [6, 6.07) is 11.4. The molecule has 1 atom stereocenters. The van der Waals surface area contributed by atoms with Crippen LogP contribution in [0, 0.1) is 0 Å². The molecule has 0 unspecified atom stereocenters. The van der Waals surface area contributed by atoms with E-state index in [0.29, 0.717) is 29.4 Å². The van der Waals surface area contributed by atoms with Crippen molar-refractivity contribution in [1.82, 2.24) is 9.55 Å². The van der Waals surface area contributed by atoms with Crippen molar-refractivity contribution in [1.29, 1.82) is 0 Å². The van der Waals surface area contributed by atoms with E-state index < -0.39 is 11.5 Å². The van der Waals surface area contributed by atoms with Crippen LogP contribution in [-0.2, 0) is 0 Å². The second kappa shape index (κ2) is 8.08. The zero-order valence-electron chi connectivity index (χ0n) is 17.3. The van der Waals surface area contributed by atoms with Gasteiger partial charge in [0.2, 0.25) is 0 Å². The number of fused-ring (bicyclic) bond motifs is 3. The molecule has 0 saturated carbocycles. The zero-order valence-corrected chi connectivity index (χ0v) is 18.1. The maximum Gasteiger partial charge on any atom is 0.487 e. The standard InChI is InChI=1S/C23H18ClF2N3O4/c1-13-6-9-32-22-28-19-11-15(10-18(20(19)29(13)22)14-7-8-31-12-14)21(30)27-16-2-4-17(5-3-16)33-23(24,25)26/h2-5,7-8,10-13H,6,9H2,1H3,(H,27,30)/t13-/m1/s1. The second-order valence-electron chi connectivity index (χ2n) is 7.68. The number of nitrogens with zero attached hydrogens (tertiary/aromatic N) is 2. The highest BCUT2D eigenvalue weighted by Gasteiger charge is 2.28. The lowest BCUT2D eigenvalue weighted by atomic mass is 10.0. The summed E-state index contributed by atoms with van der Waals surface area (Å²) >= 11 is 4.77. The highest BCUT2D eigenvalue weighted by Crippen LogP contribution is 2.38. The molecule has 0 radical (unpaired) electrons. The first kappa shape index (κ1) is 21.3. The molecule has 1 N–H and O–H groups in total. The van der Waals surface area contributed by atoms with Crippen LogP contribution in [0.1, 0.15) is 29.7 Å². The number of ether oxygens (including phenoxy) is 2. The lowest BCUT2D eigenvalue weighted by molar-refractivity contribution is -0.0964. The Labute approximate surface area is 191 Å². The molecule has 0 aliphatic carbocycles. The Morgan fingerprint density at radius 1 is 1.27 bits per heavy atom. The highest BCUT2D eigenvalue weighted by molar-refractivity contribution is 6.20. The Balaban J connectivity index is 1.50. The summed E-state index contributed by atoms with van der Waals surface area (Å²) in [6.07, 6.45) is 4.02. The monoisotopic (exact) mass is 473 g/mol. The SMILES string of the molecule is C[C@@H]1CCOc2nc3cc(C(=O)Nc4ccc(OC(F)(F)Cl)cc4)cc(-c4ccoc4)c3n21. The predicted molar refractivity (Wildman–Crippen MR) is 118 cm³/mol. The van der Waals surface area contributed by atoms with Crippen molar-refractivity contribution in [3.05, 3.63) is 60.6 Å². The van der Waals surface area contributed by atoms with Crippen LogP contribution in [-0.4, -0.2) is 27.6 Å². The number of hydrogen-bond donors (Lipinski definition) is 1. The van der Waals surface area contributed by atoms with Crippen LogP contribution in [0.3, 0.4) is 0 Å². The van der Waals surface area contributed by atoms with Crippen molar-refractivity contribution in [3.8, 4) is 22.9 Å². The minimum Gasteiger partial charge on any atom is -0.472 e. The Bertz CT molecular complexity index is 1310. The molecule has 0 saturated heterocycles. The van der Waals surface area contributed by atoms with Gasteiger partial charge in [0.25, 0.3) is 11.9 Å². The third-order valence-corrected chi connectivity index (χ3v) is 5.48. The molecule has 1 aliphatic rings. The van der Waals surface area contributed by atoms with Crippen LogP contribution >= 0.6 is 11.6 Å². The molecule has 7 nitrogen and oxygen atoms in total. The lowest BCUT2D eigenvalue weighted by Gasteiger charge is -2.23. The van der Waals surface area contributed by atoms with Gasteiger partial charge in [0.05, 0.1) is 30.2 Å². The van der Waals surface area contributed by atoms with Gasteiger partial charge in [-0.3, -0.25) is 9.36 Å². The van der Waals surface area contributed by atoms with E-state index in [-0.39, 0.29) is 11.8 Å². The number of halogens is 3. The van der Waals surface area contributed by atoms with E-state index in [1.807, 2.05) is 10.6 Å². The van der Waals surface area contributed by atoms with Crippen LogP contribution in [0.25, 0.3) is 22.2 Å². The fourth-order valence-corrected chi connectivity index (χ4v) is 3.97. The number of nitrogens with one attached hydrogen (secondary N) is 1. The number of imidazole rings is 1. The maximum atomic E-state index is 13.0. The topological polar surface area (TPSA) is 78.5 Å². The maximum absolute atomic E-state index is 13.0. The Hall–Kier alpha value is -3.59. The summed E-state index contributed by atoms with van der Waals surface area (Å²) in [4.78, 5) is 17.6. The smallest absolute Gasteiger partial charge is 0.472 e. The van der Waals surface area contributed by atoms with E-state index in [1.165, 1.54) is 24.3 Å². The molecular formula is C23H18ClF2N3O4. The van der Waals surface area contributed by atoms with Gasteiger partial charge in [-0.15, -0.1) is 8.78 Å². The van der Waals surface area contributed by atoms with Crippen LogP contribution in [0.15, 0.2) is 59.4 Å². The number of rotatable bonds is 5. The molecule has 0 fully saturated rings. The van der Waals surface area contributed by atoms with Crippen LogP contribution in [0.2, 0.25) is 0 Å². The van der Waals surface area contributed by atoms with E-state index in [1.54, 1.807) is 24.7 Å². The average Bonchev–Trinajstić information content (AvgIpc) is 3.41. The number of carbonyl (C=O) groups is 1. The number of alkyl halides is 3. The molecule has 33 heavy (non-hydrogen) atoms. The molecule has 4 aromatic rings. The summed E-state index contributed by atoms with van der Waals surface area (Å²) in [6.45, 7) is 2.68. The molecule has 1 amide bonds. The summed E-state index contributed by atoms with van der Waals surface area (Å²) in [5.41, 5.74) is 0.0310. The number of anilines is 1. The Morgan fingerprint density at radius 2 is 2.06 bits per heavy atom. The highest BCUT2D eigenvalue weighted by atomic mass is 35.5. The lowest BCUT2D eigenvalue weighted by Crippen LogP contribution is -2.18. The molecule has 3 heterocycles. The van der Waals surface area contributed by atoms with Gasteiger partial charge in [0.1, 0.15) is 5.75 Å². The summed E-state index contributed by atoms with van der Waals surface area (Å²) in [7, 11) is 0. The van der Waals surface area contributed by atoms with Gasteiger partial charge in [0.15, 0.2) is 0 Å². The predicted octanol–water partition coefficient (Wildman–Crippen LogP) is 6.06. The Morgan fingerprint density at radius 3 is 2.76 bits per heavy atom. The molecular weight excluding hydrogens is 456 g/mol. The summed E-state index contributed by atoms with van der Waals surface area (Å²) in [5.74, 6) is -0.521. The van der Waals surface area contributed by atoms with Gasteiger partial charge >= 0.3 is 5.57 Å². The van der Waals surface area contributed by atoms with E-state index >= 15 is 0 Å². The van der Waals surface area contributed by atoms with E-state index in [4.69, 9.17) is 20.8 Å². The van der Waals surface area contributed by atoms with Gasteiger partial charge < -0.3 is 19.2 Å². The van der Waals surface area contributed by atoms with Gasteiger partial charge in [-0.1, -0.05) is 0 Å². The van der Waals surface area contributed by atoms with Crippen LogP contribution in [0.4, 0.5) is 14.5 Å². The molecule has 2 aromatic heterocycles. The van der Waals surface area contributed by atoms with Crippen molar-refractivity contribution >= 4 is 34.2 Å². The van der Waals surface area contributed by atoms with Gasteiger partial charge in [-0.05, 0) is 49.4 Å². The zero-order chi connectivity index (χ0) is 23.2. The third-order valence-electron chi connectivity index (χ3n) is 5.40. The van der Waals surface area contributed by atoms with E-state index in [9.17, 15) is 13.6 Å². The summed E-state index contributed by atoms with van der Waals surface area (Å²) < 4.78 is 42.9. The molecule has 10 heteroatoms. The molecule has 1 aliphatic heterocycles. The van der Waals surface area contributed by atoms with Gasteiger partial charge in [-0.25, -0.2) is 0 Å². The fourth-order valence-electron chi connectivity index (χ4n) is 3.88. The number of amides is 1. The van der Waals surface area contributed by atoms with Crippen molar-refractivity contribution in [2.45, 2.75) is 25.0 Å². The van der Waals surface area contributed by atoms with Crippen molar-refractivity contribution in [2.24, 2.45) is 0 Å². The first-order valence-corrected chi connectivity index (χ1v) is 10.5. The van der Waals surface area contributed by atoms with Gasteiger partial charge in [0, 0.05) is 46.4 Å². The molecule has 0 bridgehead atoms. The minimum absolute atomic E-state index is 0.130. The minimum atomic E-state index is -3.81. The van der Waals surface area contributed by atoms with E-state index in [2.05, 4.69) is 22.0 Å². The molecule has 5 rings (SSSR count). The number of furan rings is 1. The largest absolute Gasteiger partial charge is 0.487 e. The quantitative estimate of drug-likeness (QED) is 0.356. The van der Waals surface area contributed by atoms with E-state index in [0.717, 1.165) is 23.1 Å². The number of hydrogen-bond acceptors (Lipinski definition) is 5. The number of carbonyl (C=O) groups excluding carboxylic acids is 1. The van der Waals surface area contributed by atoms with Crippen LogP contribution in [0.5, 0.6) is 11.8 Å². The van der Waals surface area contributed by atoms with Crippen molar-refractivity contribution in [2.75, 3.05) is 11.9 Å². The van der Waals surface area contributed by atoms with Crippen molar-refractivity contribution < 1.29 is 27.5 Å².